The van der Waals surface area contributed by atoms with Gasteiger partial charge in [0, 0.05) is 25.2 Å². The third-order valence-electron chi connectivity index (χ3n) is 2.71. The van der Waals surface area contributed by atoms with Crippen LogP contribution in [-0.4, -0.2) is 33.4 Å². The summed E-state index contributed by atoms with van der Waals surface area (Å²) in [6, 6.07) is 4.46. The number of ether oxygens (including phenoxy) is 2. The predicted molar refractivity (Wildman–Crippen MR) is 75.9 cm³/mol. The smallest absolute Gasteiger partial charge is 0.142 e. The van der Waals surface area contributed by atoms with Gasteiger partial charge in [0.25, 0.3) is 0 Å². The lowest BCUT2D eigenvalue weighted by Gasteiger charge is -2.15. The van der Waals surface area contributed by atoms with Crippen molar-refractivity contribution in [2.24, 2.45) is 0 Å². The van der Waals surface area contributed by atoms with Crippen LogP contribution >= 0.6 is 0 Å². The summed E-state index contributed by atoms with van der Waals surface area (Å²) in [7, 11) is 3.36. The largest absolute Gasteiger partial charge is 0.496 e. The van der Waals surface area contributed by atoms with Crippen LogP contribution in [0.3, 0.4) is 0 Å². The van der Waals surface area contributed by atoms with Gasteiger partial charge in [0.05, 0.1) is 19.9 Å². The van der Waals surface area contributed by atoms with E-state index in [1.807, 2.05) is 19.1 Å². The average Bonchev–Trinajstić information content (AvgIpc) is 2.35. The molecule has 1 aromatic carbocycles. The number of hydrogen-bond acceptors (Lipinski definition) is 4. The van der Waals surface area contributed by atoms with Crippen LogP contribution in [0.2, 0.25) is 0 Å². The maximum atomic E-state index is 5.37. The quantitative estimate of drug-likeness (QED) is 0.731. The molecule has 0 radical (unpaired) electrons. The molecule has 0 aliphatic heterocycles. The summed E-state index contributed by atoms with van der Waals surface area (Å²) in [5.74, 6) is 1.72. The van der Waals surface area contributed by atoms with Gasteiger partial charge in [-0.1, -0.05) is 13.8 Å². The lowest BCUT2D eigenvalue weighted by Crippen LogP contribution is -2.28. The Morgan fingerprint density at radius 1 is 1.06 bits per heavy atom. The molecule has 0 fully saturated rings. The molecule has 0 heterocycles. The summed E-state index contributed by atoms with van der Waals surface area (Å²) in [6.45, 7) is 8.04. The Morgan fingerprint density at radius 3 is 2.28 bits per heavy atom. The first-order valence-corrected chi connectivity index (χ1v) is 6.28. The minimum atomic E-state index is 0.501. The predicted octanol–water partition coefficient (Wildman–Crippen LogP) is 2.42. The second-order valence-electron chi connectivity index (χ2n) is 4.56. The van der Waals surface area contributed by atoms with Gasteiger partial charge in [0.1, 0.15) is 11.5 Å². The van der Waals surface area contributed by atoms with Gasteiger partial charge in [0.2, 0.25) is 0 Å². The van der Waals surface area contributed by atoms with E-state index in [0.29, 0.717) is 6.04 Å². The standard InChI is InChI=1S/C14H24N2O2/c1-10(2)15-6-7-16-12-9-13(17-4)11(3)8-14(12)18-5/h8-10,15-16H,6-7H2,1-5H3. The highest BCUT2D eigenvalue weighted by molar-refractivity contribution is 5.62. The molecule has 0 amide bonds. The lowest BCUT2D eigenvalue weighted by atomic mass is 10.2. The van der Waals surface area contributed by atoms with Crippen LogP contribution in [-0.2, 0) is 0 Å². The van der Waals surface area contributed by atoms with Crippen molar-refractivity contribution >= 4 is 5.69 Å². The van der Waals surface area contributed by atoms with E-state index >= 15 is 0 Å². The minimum Gasteiger partial charge on any atom is -0.496 e. The fourth-order valence-corrected chi connectivity index (χ4v) is 1.75. The molecule has 0 atom stereocenters. The van der Waals surface area contributed by atoms with E-state index in [0.717, 1.165) is 35.8 Å². The Hall–Kier alpha value is -1.42. The van der Waals surface area contributed by atoms with Crippen molar-refractivity contribution in [3.63, 3.8) is 0 Å². The van der Waals surface area contributed by atoms with Gasteiger partial charge < -0.3 is 20.1 Å². The van der Waals surface area contributed by atoms with Crippen molar-refractivity contribution in [1.29, 1.82) is 0 Å². The van der Waals surface area contributed by atoms with Gasteiger partial charge >= 0.3 is 0 Å². The number of benzene rings is 1. The molecule has 102 valence electrons. The fourth-order valence-electron chi connectivity index (χ4n) is 1.75. The molecule has 0 bridgehead atoms. The zero-order chi connectivity index (χ0) is 13.5. The van der Waals surface area contributed by atoms with Crippen molar-refractivity contribution in [1.82, 2.24) is 5.32 Å². The highest BCUT2D eigenvalue weighted by Crippen LogP contribution is 2.32. The fraction of sp³-hybridized carbons (Fsp3) is 0.571. The minimum absolute atomic E-state index is 0.501. The normalized spacial score (nSPS) is 10.6. The Labute approximate surface area is 110 Å². The van der Waals surface area contributed by atoms with Crippen molar-refractivity contribution in [3.05, 3.63) is 17.7 Å². The second-order valence-corrected chi connectivity index (χ2v) is 4.56. The van der Waals surface area contributed by atoms with E-state index in [-0.39, 0.29) is 0 Å². The van der Waals surface area contributed by atoms with Gasteiger partial charge in [-0.05, 0) is 18.6 Å². The van der Waals surface area contributed by atoms with Gasteiger partial charge in [-0.3, -0.25) is 0 Å². The van der Waals surface area contributed by atoms with Gasteiger partial charge in [-0.15, -0.1) is 0 Å². The van der Waals surface area contributed by atoms with E-state index in [1.165, 1.54) is 0 Å². The van der Waals surface area contributed by atoms with Crippen LogP contribution < -0.4 is 20.1 Å². The Morgan fingerprint density at radius 2 is 1.72 bits per heavy atom. The van der Waals surface area contributed by atoms with Crippen LogP contribution in [0.5, 0.6) is 11.5 Å². The third kappa shape index (κ3) is 4.11. The maximum Gasteiger partial charge on any atom is 0.142 e. The summed E-state index contributed by atoms with van der Waals surface area (Å²) < 4.78 is 10.7. The Balaban J connectivity index is 2.68. The van der Waals surface area contributed by atoms with Crippen molar-refractivity contribution in [3.8, 4) is 11.5 Å². The summed E-state index contributed by atoms with van der Waals surface area (Å²) in [4.78, 5) is 0. The number of anilines is 1. The molecule has 18 heavy (non-hydrogen) atoms. The van der Waals surface area contributed by atoms with Crippen molar-refractivity contribution < 1.29 is 9.47 Å². The monoisotopic (exact) mass is 252 g/mol. The summed E-state index contributed by atoms with van der Waals surface area (Å²) in [5.41, 5.74) is 2.03. The van der Waals surface area contributed by atoms with Crippen molar-refractivity contribution in [2.75, 3.05) is 32.6 Å². The Kier molecular flexibility index (Phi) is 5.78. The number of rotatable bonds is 7. The van der Waals surface area contributed by atoms with Crippen LogP contribution in [0, 0.1) is 6.92 Å². The molecule has 4 heteroatoms. The molecule has 1 aromatic rings. The molecule has 0 aromatic heterocycles. The highest BCUT2D eigenvalue weighted by atomic mass is 16.5. The third-order valence-corrected chi connectivity index (χ3v) is 2.71. The molecular formula is C14H24N2O2. The Bertz CT molecular complexity index is 378. The molecule has 1 rings (SSSR count). The molecule has 2 N–H and O–H groups in total. The summed E-state index contributed by atoms with van der Waals surface area (Å²) in [5, 5.41) is 6.71. The molecule has 0 spiro atoms. The van der Waals surface area contributed by atoms with Crippen LogP contribution in [0.15, 0.2) is 12.1 Å². The highest BCUT2D eigenvalue weighted by Gasteiger charge is 2.07. The number of nitrogens with one attached hydrogen (secondary N) is 2. The van der Waals surface area contributed by atoms with Crippen LogP contribution in [0.25, 0.3) is 0 Å². The molecule has 0 aliphatic carbocycles. The first kappa shape index (κ1) is 14.6. The van der Waals surface area contributed by atoms with E-state index < -0.39 is 0 Å². The number of hydrogen-bond donors (Lipinski definition) is 2. The van der Waals surface area contributed by atoms with E-state index in [1.54, 1.807) is 14.2 Å². The SMILES string of the molecule is COc1cc(NCCNC(C)C)c(OC)cc1C. The van der Waals surface area contributed by atoms with Crippen LogP contribution in [0.1, 0.15) is 19.4 Å². The molecular weight excluding hydrogens is 228 g/mol. The molecule has 0 unspecified atom stereocenters. The van der Waals surface area contributed by atoms with E-state index in [9.17, 15) is 0 Å². The molecule has 0 saturated heterocycles. The van der Waals surface area contributed by atoms with E-state index in [4.69, 9.17) is 9.47 Å². The number of aryl methyl sites for hydroxylation is 1. The first-order valence-electron chi connectivity index (χ1n) is 6.28. The van der Waals surface area contributed by atoms with Gasteiger partial charge in [-0.25, -0.2) is 0 Å². The maximum absolute atomic E-state index is 5.37. The first-order chi connectivity index (χ1) is 8.58. The van der Waals surface area contributed by atoms with E-state index in [2.05, 4.69) is 24.5 Å². The zero-order valence-electron chi connectivity index (χ0n) is 12.0. The number of methoxy groups -OCH3 is 2. The molecule has 4 nitrogen and oxygen atoms in total. The summed E-state index contributed by atoms with van der Waals surface area (Å²) >= 11 is 0. The zero-order valence-corrected chi connectivity index (χ0v) is 12.0. The molecule has 0 saturated carbocycles. The topological polar surface area (TPSA) is 42.5 Å². The lowest BCUT2D eigenvalue weighted by molar-refractivity contribution is 0.402. The van der Waals surface area contributed by atoms with Gasteiger partial charge in [-0.2, -0.15) is 0 Å². The summed E-state index contributed by atoms with van der Waals surface area (Å²) in [6.07, 6.45) is 0. The second kappa shape index (κ2) is 7.11. The van der Waals surface area contributed by atoms with Crippen LogP contribution in [0.4, 0.5) is 5.69 Å². The molecule has 0 aliphatic rings. The van der Waals surface area contributed by atoms with Crippen molar-refractivity contribution in [2.45, 2.75) is 26.8 Å². The van der Waals surface area contributed by atoms with Gasteiger partial charge in [0.15, 0.2) is 0 Å². The average molecular weight is 252 g/mol.